The Balaban J connectivity index is 1.87. The Hall–Kier alpha value is -2.24. The molecular formula is C19H20Cl2N2O3. The summed E-state index contributed by atoms with van der Waals surface area (Å²) in [7, 11) is 1.54. The van der Waals surface area contributed by atoms with E-state index >= 15 is 0 Å². The summed E-state index contributed by atoms with van der Waals surface area (Å²) >= 11 is 11.8. The van der Waals surface area contributed by atoms with E-state index in [4.69, 9.17) is 27.9 Å². The number of nitrogens with one attached hydrogen (secondary N) is 1. The molecule has 1 N–H and O–H groups in total. The largest absolute Gasteiger partial charge is 0.482 e. The number of amides is 2. The number of halogens is 2. The summed E-state index contributed by atoms with van der Waals surface area (Å²) < 4.78 is 5.40. The van der Waals surface area contributed by atoms with Crippen LogP contribution in [0.5, 0.6) is 5.75 Å². The molecule has 0 aliphatic carbocycles. The van der Waals surface area contributed by atoms with Crippen molar-refractivity contribution in [2.45, 2.75) is 13.8 Å². The van der Waals surface area contributed by atoms with Crippen LogP contribution in [0.1, 0.15) is 11.1 Å². The highest BCUT2D eigenvalue weighted by Gasteiger charge is 2.15. The molecule has 0 atom stereocenters. The summed E-state index contributed by atoms with van der Waals surface area (Å²) in [5, 5.41) is 3.62. The van der Waals surface area contributed by atoms with Crippen molar-refractivity contribution in [3.63, 3.8) is 0 Å². The van der Waals surface area contributed by atoms with E-state index in [1.54, 1.807) is 12.1 Å². The van der Waals surface area contributed by atoms with Crippen molar-refractivity contribution < 1.29 is 14.3 Å². The molecule has 0 saturated heterocycles. The number of carbonyl (C=O) groups excluding carboxylic acids is 2. The first kappa shape index (κ1) is 20.1. The second kappa shape index (κ2) is 8.92. The van der Waals surface area contributed by atoms with Gasteiger partial charge in [-0.05, 0) is 49.2 Å². The van der Waals surface area contributed by atoms with Crippen molar-refractivity contribution in [2.75, 3.05) is 25.5 Å². The molecule has 0 aliphatic heterocycles. The smallest absolute Gasteiger partial charge is 0.260 e. The molecule has 138 valence electrons. The van der Waals surface area contributed by atoms with Gasteiger partial charge in [0, 0.05) is 17.8 Å². The second-order valence-corrected chi connectivity index (χ2v) is 6.82. The minimum atomic E-state index is -0.341. The van der Waals surface area contributed by atoms with Crippen LogP contribution in [0, 0.1) is 13.8 Å². The van der Waals surface area contributed by atoms with E-state index in [1.807, 2.05) is 32.0 Å². The lowest BCUT2D eigenvalue weighted by Crippen LogP contribution is -2.37. The van der Waals surface area contributed by atoms with Gasteiger partial charge in [0.15, 0.2) is 6.61 Å². The number of nitrogens with zero attached hydrogens (tertiary/aromatic N) is 1. The van der Waals surface area contributed by atoms with E-state index in [9.17, 15) is 9.59 Å². The van der Waals surface area contributed by atoms with Crippen LogP contribution in [-0.4, -0.2) is 36.9 Å². The summed E-state index contributed by atoms with van der Waals surface area (Å²) in [4.78, 5) is 25.6. The molecule has 0 heterocycles. The quantitative estimate of drug-likeness (QED) is 0.802. The minimum Gasteiger partial charge on any atom is -0.482 e. The van der Waals surface area contributed by atoms with Crippen molar-refractivity contribution in [2.24, 2.45) is 0 Å². The highest BCUT2D eigenvalue weighted by atomic mass is 35.5. The van der Waals surface area contributed by atoms with Gasteiger partial charge in [0.25, 0.3) is 5.91 Å². The van der Waals surface area contributed by atoms with Crippen molar-refractivity contribution in [3.8, 4) is 5.75 Å². The number of hydrogen-bond acceptors (Lipinski definition) is 3. The van der Waals surface area contributed by atoms with Crippen LogP contribution < -0.4 is 10.1 Å². The third-order valence-electron chi connectivity index (χ3n) is 3.72. The Labute approximate surface area is 162 Å². The van der Waals surface area contributed by atoms with Gasteiger partial charge in [-0.3, -0.25) is 9.59 Å². The molecule has 7 heteroatoms. The topological polar surface area (TPSA) is 58.6 Å². The molecule has 5 nitrogen and oxygen atoms in total. The van der Waals surface area contributed by atoms with Gasteiger partial charge in [0.05, 0.1) is 11.6 Å². The Morgan fingerprint density at radius 3 is 2.54 bits per heavy atom. The van der Waals surface area contributed by atoms with Gasteiger partial charge in [-0.25, -0.2) is 0 Å². The first-order valence-corrected chi connectivity index (χ1v) is 8.71. The average Bonchev–Trinajstić information content (AvgIpc) is 2.57. The van der Waals surface area contributed by atoms with Crippen molar-refractivity contribution in [1.29, 1.82) is 0 Å². The number of anilines is 1. The van der Waals surface area contributed by atoms with Gasteiger partial charge < -0.3 is 15.0 Å². The fraction of sp³-hybridized carbons (Fsp3) is 0.263. The van der Waals surface area contributed by atoms with Crippen LogP contribution in [0.4, 0.5) is 5.69 Å². The number of ether oxygens (including phenoxy) is 1. The van der Waals surface area contributed by atoms with Gasteiger partial charge in [-0.1, -0.05) is 35.3 Å². The Bertz CT molecular complexity index is 824. The monoisotopic (exact) mass is 394 g/mol. The zero-order chi connectivity index (χ0) is 19.3. The van der Waals surface area contributed by atoms with E-state index in [2.05, 4.69) is 5.32 Å². The van der Waals surface area contributed by atoms with Gasteiger partial charge >= 0.3 is 0 Å². The number of benzene rings is 2. The van der Waals surface area contributed by atoms with Crippen LogP contribution in [0.3, 0.4) is 0 Å². The maximum Gasteiger partial charge on any atom is 0.260 e. The van der Waals surface area contributed by atoms with Crippen LogP contribution in [-0.2, 0) is 9.59 Å². The summed E-state index contributed by atoms with van der Waals surface area (Å²) in [5.74, 6) is -0.260. The second-order valence-electron chi connectivity index (χ2n) is 5.98. The minimum absolute atomic E-state index is 0.0794. The lowest BCUT2D eigenvalue weighted by atomic mass is 10.1. The molecule has 0 radical (unpaired) electrons. The summed E-state index contributed by atoms with van der Waals surface area (Å²) in [6.45, 7) is 3.55. The molecule has 2 aromatic carbocycles. The molecule has 0 fully saturated rings. The van der Waals surface area contributed by atoms with E-state index in [-0.39, 0.29) is 25.0 Å². The normalized spacial score (nSPS) is 10.3. The van der Waals surface area contributed by atoms with Crippen molar-refractivity contribution in [3.05, 3.63) is 57.6 Å². The van der Waals surface area contributed by atoms with Gasteiger partial charge in [-0.2, -0.15) is 0 Å². The molecule has 2 amide bonds. The molecule has 2 rings (SSSR count). The molecule has 0 saturated carbocycles. The predicted molar refractivity (Wildman–Crippen MR) is 104 cm³/mol. The molecule has 26 heavy (non-hydrogen) atoms. The number of likely N-dealkylation sites (N-methyl/N-ethyl adjacent to an activating group) is 1. The number of carbonyl (C=O) groups is 2. The number of aryl methyl sites for hydroxylation is 2. The standard InChI is InChI=1S/C19H20Cl2N2O3/c1-12-4-5-13(2)16(8-12)22-18(24)10-23(3)19(25)11-26-17-7-6-14(20)9-15(17)21/h4-9H,10-11H2,1-3H3,(H,22,24). The first-order chi connectivity index (χ1) is 12.3. The summed E-state index contributed by atoms with van der Waals surface area (Å²) in [5.41, 5.74) is 2.74. The third kappa shape index (κ3) is 5.64. The molecule has 2 aromatic rings. The van der Waals surface area contributed by atoms with E-state index in [1.165, 1.54) is 18.0 Å². The molecule has 0 unspecified atom stereocenters. The van der Waals surface area contributed by atoms with Crippen molar-refractivity contribution in [1.82, 2.24) is 4.90 Å². The highest BCUT2D eigenvalue weighted by Crippen LogP contribution is 2.27. The predicted octanol–water partition coefficient (Wildman–Crippen LogP) is 4.09. The Kier molecular flexibility index (Phi) is 6.89. The molecule has 0 bridgehead atoms. The maximum absolute atomic E-state index is 12.2. The number of hydrogen-bond donors (Lipinski definition) is 1. The number of rotatable bonds is 6. The van der Waals surface area contributed by atoms with Gasteiger partial charge in [-0.15, -0.1) is 0 Å². The lowest BCUT2D eigenvalue weighted by Gasteiger charge is -2.18. The maximum atomic E-state index is 12.2. The molecule has 0 aromatic heterocycles. The van der Waals surface area contributed by atoms with Crippen LogP contribution in [0.2, 0.25) is 10.0 Å². The van der Waals surface area contributed by atoms with Crippen LogP contribution in [0.15, 0.2) is 36.4 Å². The van der Waals surface area contributed by atoms with E-state index < -0.39 is 0 Å². The summed E-state index contributed by atoms with van der Waals surface area (Å²) in [6, 6.07) is 10.5. The zero-order valence-electron chi connectivity index (χ0n) is 14.8. The van der Waals surface area contributed by atoms with Crippen LogP contribution >= 0.6 is 23.2 Å². The van der Waals surface area contributed by atoms with Crippen LogP contribution in [0.25, 0.3) is 0 Å². The van der Waals surface area contributed by atoms with Gasteiger partial charge in [0.1, 0.15) is 5.75 Å². The fourth-order valence-electron chi connectivity index (χ4n) is 2.21. The van der Waals surface area contributed by atoms with Crippen molar-refractivity contribution >= 4 is 40.7 Å². The Morgan fingerprint density at radius 1 is 1.12 bits per heavy atom. The molecule has 0 aliphatic rings. The zero-order valence-corrected chi connectivity index (χ0v) is 16.3. The highest BCUT2D eigenvalue weighted by molar-refractivity contribution is 6.35. The third-order valence-corrected chi connectivity index (χ3v) is 4.25. The molecule has 0 spiro atoms. The fourth-order valence-corrected chi connectivity index (χ4v) is 2.67. The SMILES string of the molecule is Cc1ccc(C)c(NC(=O)CN(C)C(=O)COc2ccc(Cl)cc2Cl)c1. The lowest BCUT2D eigenvalue weighted by molar-refractivity contribution is -0.135. The average molecular weight is 395 g/mol. The first-order valence-electron chi connectivity index (χ1n) is 7.95. The summed E-state index contributed by atoms with van der Waals surface area (Å²) in [6.07, 6.45) is 0. The van der Waals surface area contributed by atoms with Gasteiger partial charge in [0.2, 0.25) is 5.91 Å². The molecular weight excluding hydrogens is 375 g/mol. The van der Waals surface area contributed by atoms with E-state index in [0.29, 0.717) is 15.8 Å². The van der Waals surface area contributed by atoms with E-state index in [0.717, 1.165) is 16.8 Å². The Morgan fingerprint density at radius 2 is 1.85 bits per heavy atom.